The second kappa shape index (κ2) is 6.29. The Hall–Kier alpha value is -1.95. The summed E-state index contributed by atoms with van der Waals surface area (Å²) < 4.78 is 5.03. The van der Waals surface area contributed by atoms with Crippen LogP contribution in [0, 0.1) is 10.1 Å². The quantitative estimate of drug-likeness (QED) is 0.630. The Balaban J connectivity index is 2.76. The lowest BCUT2D eigenvalue weighted by Crippen LogP contribution is -2.42. The molecular formula is C13H18N2O4. The van der Waals surface area contributed by atoms with Crippen molar-refractivity contribution in [3.8, 4) is 0 Å². The lowest BCUT2D eigenvalue weighted by Gasteiger charge is -2.26. The Morgan fingerprint density at radius 1 is 1.37 bits per heavy atom. The highest BCUT2D eigenvalue weighted by atomic mass is 16.6. The molecular weight excluding hydrogens is 248 g/mol. The van der Waals surface area contributed by atoms with Gasteiger partial charge in [-0.05, 0) is 38.5 Å². The highest BCUT2D eigenvalue weighted by molar-refractivity contribution is 5.78. The van der Waals surface area contributed by atoms with E-state index in [9.17, 15) is 14.9 Å². The van der Waals surface area contributed by atoms with Crippen LogP contribution in [0.5, 0.6) is 0 Å². The van der Waals surface area contributed by atoms with E-state index in [1.54, 1.807) is 12.1 Å². The van der Waals surface area contributed by atoms with Gasteiger partial charge in [0.15, 0.2) is 0 Å². The van der Waals surface area contributed by atoms with Gasteiger partial charge in [0.2, 0.25) is 5.91 Å². The molecule has 0 unspecified atom stereocenters. The smallest absolute Gasteiger partial charge is 0.269 e. The zero-order valence-corrected chi connectivity index (χ0v) is 11.3. The van der Waals surface area contributed by atoms with Crippen LogP contribution in [0.25, 0.3) is 0 Å². The van der Waals surface area contributed by atoms with Crippen molar-refractivity contribution >= 4 is 11.6 Å². The van der Waals surface area contributed by atoms with Crippen LogP contribution < -0.4 is 5.32 Å². The maximum atomic E-state index is 11.6. The number of nitrogens with one attached hydrogen (secondary N) is 1. The van der Waals surface area contributed by atoms with Crippen molar-refractivity contribution < 1.29 is 14.5 Å². The SMILES string of the molecule is CCOCC(=O)NC(C)(C)c1ccc([N+](=O)[O-])cc1. The molecule has 0 saturated carbocycles. The number of rotatable bonds is 6. The number of ether oxygens (including phenoxy) is 1. The highest BCUT2D eigenvalue weighted by Gasteiger charge is 2.23. The van der Waals surface area contributed by atoms with Crippen LogP contribution in [0.4, 0.5) is 5.69 Å². The zero-order valence-electron chi connectivity index (χ0n) is 11.3. The van der Waals surface area contributed by atoms with E-state index in [0.717, 1.165) is 5.56 Å². The van der Waals surface area contributed by atoms with E-state index in [2.05, 4.69) is 5.32 Å². The fourth-order valence-corrected chi connectivity index (χ4v) is 1.65. The fraction of sp³-hybridized carbons (Fsp3) is 0.462. The van der Waals surface area contributed by atoms with Gasteiger partial charge in [0, 0.05) is 18.7 Å². The van der Waals surface area contributed by atoms with Gasteiger partial charge in [0.05, 0.1) is 10.5 Å². The van der Waals surface area contributed by atoms with Crippen molar-refractivity contribution in [3.05, 3.63) is 39.9 Å². The molecule has 0 saturated heterocycles. The molecule has 0 spiro atoms. The third kappa shape index (κ3) is 4.33. The number of non-ortho nitro benzene ring substituents is 1. The second-order valence-corrected chi connectivity index (χ2v) is 4.61. The third-order valence-corrected chi connectivity index (χ3v) is 2.69. The largest absolute Gasteiger partial charge is 0.372 e. The van der Waals surface area contributed by atoms with Gasteiger partial charge in [-0.15, -0.1) is 0 Å². The van der Waals surface area contributed by atoms with Gasteiger partial charge in [-0.25, -0.2) is 0 Å². The first kappa shape index (κ1) is 15.1. The van der Waals surface area contributed by atoms with Gasteiger partial charge < -0.3 is 10.1 Å². The molecule has 1 aromatic carbocycles. The van der Waals surface area contributed by atoms with Crippen LogP contribution in [-0.2, 0) is 15.1 Å². The number of nitro groups is 1. The minimum absolute atomic E-state index is 0.00686. The number of amides is 1. The number of nitro benzene ring substituents is 1. The van der Waals surface area contributed by atoms with Crippen LogP contribution >= 0.6 is 0 Å². The molecule has 1 aromatic rings. The minimum Gasteiger partial charge on any atom is -0.372 e. The van der Waals surface area contributed by atoms with E-state index in [1.807, 2.05) is 20.8 Å². The average Bonchev–Trinajstić information content (AvgIpc) is 2.36. The molecule has 0 atom stereocenters. The van der Waals surface area contributed by atoms with Gasteiger partial charge in [0.25, 0.3) is 5.69 Å². The molecule has 6 heteroatoms. The predicted molar refractivity (Wildman–Crippen MR) is 70.8 cm³/mol. The molecule has 0 bridgehead atoms. The lowest BCUT2D eigenvalue weighted by atomic mass is 9.94. The van der Waals surface area contributed by atoms with E-state index in [1.165, 1.54) is 12.1 Å². The summed E-state index contributed by atoms with van der Waals surface area (Å²) in [5, 5.41) is 13.4. The minimum atomic E-state index is -0.608. The highest BCUT2D eigenvalue weighted by Crippen LogP contribution is 2.22. The Labute approximate surface area is 111 Å². The molecule has 1 amide bonds. The van der Waals surface area contributed by atoms with E-state index in [4.69, 9.17) is 4.74 Å². The number of carbonyl (C=O) groups is 1. The number of hydrogen-bond acceptors (Lipinski definition) is 4. The number of hydrogen-bond donors (Lipinski definition) is 1. The molecule has 0 aliphatic carbocycles. The van der Waals surface area contributed by atoms with Crippen molar-refractivity contribution in [2.24, 2.45) is 0 Å². The Morgan fingerprint density at radius 2 is 1.95 bits per heavy atom. The molecule has 19 heavy (non-hydrogen) atoms. The van der Waals surface area contributed by atoms with Crippen LogP contribution in [0.15, 0.2) is 24.3 Å². The Kier molecular flexibility index (Phi) is 5.00. The maximum absolute atomic E-state index is 11.6. The van der Waals surface area contributed by atoms with Crippen LogP contribution in [-0.4, -0.2) is 24.0 Å². The van der Waals surface area contributed by atoms with E-state index < -0.39 is 10.5 Å². The molecule has 0 aliphatic heterocycles. The molecule has 0 radical (unpaired) electrons. The maximum Gasteiger partial charge on any atom is 0.269 e. The monoisotopic (exact) mass is 266 g/mol. The van der Waals surface area contributed by atoms with Gasteiger partial charge >= 0.3 is 0 Å². The standard InChI is InChI=1S/C13H18N2O4/c1-4-19-9-12(16)14-13(2,3)10-5-7-11(8-6-10)15(17)18/h5-8H,4,9H2,1-3H3,(H,14,16). The molecule has 0 aliphatic rings. The number of carbonyl (C=O) groups excluding carboxylic acids is 1. The number of nitrogens with zero attached hydrogens (tertiary/aromatic N) is 1. The van der Waals surface area contributed by atoms with Gasteiger partial charge in [0.1, 0.15) is 6.61 Å². The fourth-order valence-electron chi connectivity index (χ4n) is 1.65. The Morgan fingerprint density at radius 3 is 2.42 bits per heavy atom. The van der Waals surface area contributed by atoms with Gasteiger partial charge in [-0.3, -0.25) is 14.9 Å². The summed E-state index contributed by atoms with van der Waals surface area (Å²) in [6, 6.07) is 6.12. The lowest BCUT2D eigenvalue weighted by molar-refractivity contribution is -0.384. The van der Waals surface area contributed by atoms with E-state index >= 15 is 0 Å². The van der Waals surface area contributed by atoms with Crippen molar-refractivity contribution in [1.82, 2.24) is 5.32 Å². The molecule has 6 nitrogen and oxygen atoms in total. The van der Waals surface area contributed by atoms with Crippen molar-refractivity contribution in [1.29, 1.82) is 0 Å². The zero-order chi connectivity index (χ0) is 14.5. The molecule has 0 heterocycles. The summed E-state index contributed by atoms with van der Waals surface area (Å²) in [5.74, 6) is -0.217. The normalized spacial score (nSPS) is 11.1. The van der Waals surface area contributed by atoms with E-state index in [0.29, 0.717) is 6.61 Å². The second-order valence-electron chi connectivity index (χ2n) is 4.61. The van der Waals surface area contributed by atoms with E-state index in [-0.39, 0.29) is 18.2 Å². The third-order valence-electron chi connectivity index (χ3n) is 2.69. The van der Waals surface area contributed by atoms with Crippen molar-refractivity contribution in [2.75, 3.05) is 13.2 Å². The first-order valence-corrected chi connectivity index (χ1v) is 6.00. The Bertz CT molecular complexity index is 454. The van der Waals surface area contributed by atoms with Crippen molar-refractivity contribution in [2.45, 2.75) is 26.3 Å². The molecule has 0 aromatic heterocycles. The topological polar surface area (TPSA) is 81.5 Å². The summed E-state index contributed by atoms with van der Waals surface area (Å²) in [4.78, 5) is 21.7. The van der Waals surface area contributed by atoms with Crippen LogP contribution in [0.2, 0.25) is 0 Å². The van der Waals surface area contributed by atoms with Gasteiger partial charge in [-0.2, -0.15) is 0 Å². The van der Waals surface area contributed by atoms with Crippen LogP contribution in [0.3, 0.4) is 0 Å². The summed E-state index contributed by atoms with van der Waals surface area (Å²) >= 11 is 0. The molecule has 104 valence electrons. The molecule has 1 N–H and O–H groups in total. The summed E-state index contributed by atoms with van der Waals surface area (Å²) in [6.45, 7) is 5.96. The summed E-state index contributed by atoms with van der Waals surface area (Å²) in [6.07, 6.45) is 0. The number of benzene rings is 1. The first-order chi connectivity index (χ1) is 8.86. The first-order valence-electron chi connectivity index (χ1n) is 6.00. The summed E-state index contributed by atoms with van der Waals surface area (Å²) in [5.41, 5.74) is 0.215. The summed E-state index contributed by atoms with van der Waals surface area (Å²) in [7, 11) is 0. The molecule has 0 fully saturated rings. The van der Waals surface area contributed by atoms with Crippen LogP contribution in [0.1, 0.15) is 26.3 Å². The average molecular weight is 266 g/mol. The van der Waals surface area contributed by atoms with Crippen molar-refractivity contribution in [3.63, 3.8) is 0 Å². The van der Waals surface area contributed by atoms with Gasteiger partial charge in [-0.1, -0.05) is 0 Å². The predicted octanol–water partition coefficient (Wildman–Crippen LogP) is 1.98. The molecule has 1 rings (SSSR count).